The van der Waals surface area contributed by atoms with Crippen molar-refractivity contribution in [2.24, 2.45) is 17.8 Å². The SMILES string of the molecule is CC1CC(C2CC2C2CCCCC2)N1C. The van der Waals surface area contributed by atoms with E-state index in [1.165, 1.54) is 25.7 Å². The quantitative estimate of drug-likeness (QED) is 0.671. The molecule has 1 nitrogen and oxygen atoms in total. The van der Waals surface area contributed by atoms with E-state index in [0.717, 1.165) is 29.8 Å². The zero-order valence-corrected chi connectivity index (χ0v) is 10.3. The van der Waals surface area contributed by atoms with Crippen molar-refractivity contribution in [3.63, 3.8) is 0 Å². The normalized spacial score (nSPS) is 47.6. The molecule has 0 aromatic rings. The Bertz CT molecular complexity index is 223. The van der Waals surface area contributed by atoms with Gasteiger partial charge in [-0.05, 0) is 44.6 Å². The highest BCUT2D eigenvalue weighted by Crippen LogP contribution is 2.54. The first kappa shape index (κ1) is 10.1. The molecule has 1 saturated heterocycles. The van der Waals surface area contributed by atoms with Gasteiger partial charge in [0.25, 0.3) is 0 Å². The minimum absolute atomic E-state index is 0.864. The standard InChI is InChI=1S/C14H25N/c1-10-8-14(15(10)2)13-9-12(13)11-6-4-3-5-7-11/h10-14H,3-9H2,1-2H3. The molecule has 0 amide bonds. The monoisotopic (exact) mass is 207 g/mol. The van der Waals surface area contributed by atoms with Crippen LogP contribution in [0.15, 0.2) is 0 Å². The molecule has 0 aromatic carbocycles. The van der Waals surface area contributed by atoms with Crippen LogP contribution >= 0.6 is 0 Å². The smallest absolute Gasteiger partial charge is 0.0141 e. The van der Waals surface area contributed by atoms with E-state index in [-0.39, 0.29) is 0 Å². The van der Waals surface area contributed by atoms with E-state index in [1.807, 2.05) is 0 Å². The average Bonchev–Trinajstić information content (AvgIpc) is 3.06. The minimum Gasteiger partial charge on any atom is -0.300 e. The molecular weight excluding hydrogens is 182 g/mol. The maximum absolute atomic E-state index is 2.62. The van der Waals surface area contributed by atoms with Gasteiger partial charge in [0.15, 0.2) is 0 Å². The van der Waals surface area contributed by atoms with Gasteiger partial charge in [0, 0.05) is 12.1 Å². The number of hydrogen-bond donors (Lipinski definition) is 0. The van der Waals surface area contributed by atoms with E-state index in [4.69, 9.17) is 0 Å². The van der Waals surface area contributed by atoms with Gasteiger partial charge in [-0.25, -0.2) is 0 Å². The van der Waals surface area contributed by atoms with Crippen LogP contribution in [0.3, 0.4) is 0 Å². The topological polar surface area (TPSA) is 3.24 Å². The van der Waals surface area contributed by atoms with Crippen LogP contribution < -0.4 is 0 Å². The van der Waals surface area contributed by atoms with Gasteiger partial charge in [-0.2, -0.15) is 0 Å². The van der Waals surface area contributed by atoms with E-state index < -0.39 is 0 Å². The van der Waals surface area contributed by atoms with E-state index in [2.05, 4.69) is 18.9 Å². The van der Waals surface area contributed by atoms with Crippen LogP contribution in [-0.2, 0) is 0 Å². The Morgan fingerprint density at radius 2 is 1.67 bits per heavy atom. The number of hydrogen-bond acceptors (Lipinski definition) is 1. The Kier molecular flexibility index (Phi) is 2.54. The van der Waals surface area contributed by atoms with Gasteiger partial charge in [-0.15, -0.1) is 0 Å². The summed E-state index contributed by atoms with van der Waals surface area (Å²) in [4.78, 5) is 2.62. The molecule has 1 heteroatoms. The maximum Gasteiger partial charge on any atom is 0.0141 e. The fraction of sp³-hybridized carbons (Fsp3) is 1.00. The van der Waals surface area contributed by atoms with Crippen molar-refractivity contribution in [1.29, 1.82) is 0 Å². The first-order valence-electron chi connectivity index (χ1n) is 6.99. The van der Waals surface area contributed by atoms with Gasteiger partial charge in [-0.3, -0.25) is 0 Å². The summed E-state index contributed by atoms with van der Waals surface area (Å²) >= 11 is 0. The van der Waals surface area contributed by atoms with Gasteiger partial charge in [0.05, 0.1) is 0 Å². The van der Waals surface area contributed by atoms with Crippen molar-refractivity contribution in [2.75, 3.05) is 7.05 Å². The zero-order valence-electron chi connectivity index (χ0n) is 10.3. The third kappa shape index (κ3) is 1.73. The molecule has 3 fully saturated rings. The van der Waals surface area contributed by atoms with E-state index in [9.17, 15) is 0 Å². The van der Waals surface area contributed by atoms with Gasteiger partial charge < -0.3 is 4.90 Å². The molecule has 0 radical (unpaired) electrons. The summed E-state index contributed by atoms with van der Waals surface area (Å²) in [7, 11) is 2.33. The van der Waals surface area contributed by atoms with E-state index >= 15 is 0 Å². The predicted molar refractivity (Wildman–Crippen MR) is 63.8 cm³/mol. The molecule has 2 aliphatic carbocycles. The minimum atomic E-state index is 0.864. The van der Waals surface area contributed by atoms with Gasteiger partial charge >= 0.3 is 0 Å². The molecule has 4 atom stereocenters. The van der Waals surface area contributed by atoms with Crippen LogP contribution in [0.5, 0.6) is 0 Å². The molecule has 1 aliphatic heterocycles. The molecule has 1 heterocycles. The third-order valence-corrected chi connectivity index (χ3v) is 5.44. The number of rotatable bonds is 2. The van der Waals surface area contributed by atoms with Crippen LogP contribution in [0.25, 0.3) is 0 Å². The lowest BCUT2D eigenvalue weighted by Crippen LogP contribution is -2.53. The highest BCUT2D eigenvalue weighted by atomic mass is 15.2. The predicted octanol–water partition coefficient (Wildman–Crippen LogP) is 3.30. The van der Waals surface area contributed by atoms with E-state index in [1.54, 1.807) is 19.3 Å². The Balaban J connectivity index is 1.51. The fourth-order valence-corrected chi connectivity index (χ4v) is 4.13. The second kappa shape index (κ2) is 3.76. The highest BCUT2D eigenvalue weighted by molar-refractivity contribution is 5.04. The Morgan fingerprint density at radius 3 is 2.27 bits per heavy atom. The van der Waals surface area contributed by atoms with Crippen molar-refractivity contribution in [3.8, 4) is 0 Å². The van der Waals surface area contributed by atoms with Crippen LogP contribution in [-0.4, -0.2) is 24.0 Å². The maximum atomic E-state index is 2.62. The molecule has 86 valence electrons. The summed E-state index contributed by atoms with van der Waals surface area (Å²) in [5, 5.41) is 0. The van der Waals surface area contributed by atoms with Crippen molar-refractivity contribution in [3.05, 3.63) is 0 Å². The lowest BCUT2D eigenvalue weighted by Gasteiger charge is -2.45. The number of nitrogens with zero attached hydrogens (tertiary/aromatic N) is 1. The second-order valence-electron chi connectivity index (χ2n) is 6.28. The summed E-state index contributed by atoms with van der Waals surface area (Å²) in [5.74, 6) is 3.34. The molecule has 4 unspecified atom stereocenters. The molecule has 15 heavy (non-hydrogen) atoms. The zero-order chi connectivity index (χ0) is 10.4. The molecule has 0 bridgehead atoms. The molecule has 2 saturated carbocycles. The Labute approximate surface area is 94.2 Å². The third-order valence-electron chi connectivity index (χ3n) is 5.44. The summed E-state index contributed by atoms with van der Waals surface area (Å²) in [5.41, 5.74) is 0. The molecule has 3 aliphatic rings. The summed E-state index contributed by atoms with van der Waals surface area (Å²) < 4.78 is 0. The molecule has 3 rings (SSSR count). The molecule has 0 aromatic heterocycles. The summed E-state index contributed by atoms with van der Waals surface area (Å²) in [6.07, 6.45) is 10.7. The summed E-state index contributed by atoms with van der Waals surface area (Å²) in [6, 6.07) is 1.83. The lowest BCUT2D eigenvalue weighted by atomic mass is 9.82. The van der Waals surface area contributed by atoms with E-state index in [0.29, 0.717) is 0 Å². The van der Waals surface area contributed by atoms with Crippen molar-refractivity contribution in [1.82, 2.24) is 4.90 Å². The first-order chi connectivity index (χ1) is 7.27. The van der Waals surface area contributed by atoms with Crippen LogP contribution in [0, 0.1) is 17.8 Å². The average molecular weight is 207 g/mol. The molecule has 0 spiro atoms. The Morgan fingerprint density at radius 1 is 0.933 bits per heavy atom. The van der Waals surface area contributed by atoms with Crippen LogP contribution in [0.2, 0.25) is 0 Å². The van der Waals surface area contributed by atoms with Crippen LogP contribution in [0.1, 0.15) is 51.9 Å². The van der Waals surface area contributed by atoms with Crippen LogP contribution in [0.4, 0.5) is 0 Å². The van der Waals surface area contributed by atoms with Gasteiger partial charge in [-0.1, -0.05) is 32.1 Å². The number of likely N-dealkylation sites (tertiary alicyclic amines) is 1. The fourth-order valence-electron chi connectivity index (χ4n) is 4.13. The van der Waals surface area contributed by atoms with Gasteiger partial charge in [0.1, 0.15) is 0 Å². The Hall–Kier alpha value is -0.0400. The largest absolute Gasteiger partial charge is 0.300 e. The molecular formula is C14H25N. The van der Waals surface area contributed by atoms with Gasteiger partial charge in [0.2, 0.25) is 0 Å². The lowest BCUT2D eigenvalue weighted by molar-refractivity contribution is 0.0341. The van der Waals surface area contributed by atoms with Crippen molar-refractivity contribution >= 4 is 0 Å². The highest BCUT2D eigenvalue weighted by Gasteiger charge is 2.52. The summed E-state index contributed by atoms with van der Waals surface area (Å²) in [6.45, 7) is 2.37. The van der Waals surface area contributed by atoms with Crippen molar-refractivity contribution < 1.29 is 0 Å². The van der Waals surface area contributed by atoms with Crippen molar-refractivity contribution in [2.45, 2.75) is 64.0 Å². The first-order valence-corrected chi connectivity index (χ1v) is 6.99. The molecule has 0 N–H and O–H groups in total. The second-order valence-corrected chi connectivity index (χ2v) is 6.28.